The van der Waals surface area contributed by atoms with Gasteiger partial charge in [-0.1, -0.05) is 18.2 Å². The zero-order valence-electron chi connectivity index (χ0n) is 9.56. The number of carbonyl (C=O) groups excluding carboxylic acids is 1. The van der Waals surface area contributed by atoms with Gasteiger partial charge in [0.1, 0.15) is 5.82 Å². The van der Waals surface area contributed by atoms with Crippen molar-refractivity contribution in [2.45, 2.75) is 11.3 Å². The predicted octanol–water partition coefficient (Wildman–Crippen LogP) is 3.30. The van der Waals surface area contributed by atoms with Gasteiger partial charge in [-0.3, -0.25) is 4.79 Å². The number of hydrogen-bond donors (Lipinski definition) is 2. The molecular formula is C14H12FNOS. The van der Waals surface area contributed by atoms with Crippen LogP contribution in [0.3, 0.4) is 0 Å². The standard InChI is InChI=1S/C14H12FNOS/c15-11-2-1-3-12(9-11)16-14(17)8-10-4-6-13(18)7-5-10/h1-7,9,18H,8H2,(H,16,17). The Kier molecular flexibility index (Phi) is 3.99. The predicted molar refractivity (Wildman–Crippen MR) is 72.4 cm³/mol. The molecule has 0 spiro atoms. The maximum absolute atomic E-state index is 12.9. The van der Waals surface area contributed by atoms with Crippen LogP contribution in [0.2, 0.25) is 0 Å². The third-order valence-electron chi connectivity index (χ3n) is 2.41. The Morgan fingerprint density at radius 2 is 1.89 bits per heavy atom. The van der Waals surface area contributed by atoms with E-state index >= 15 is 0 Å². The van der Waals surface area contributed by atoms with Crippen molar-refractivity contribution < 1.29 is 9.18 Å². The molecule has 1 amide bonds. The van der Waals surface area contributed by atoms with Gasteiger partial charge in [-0.05, 0) is 35.9 Å². The number of nitrogens with one attached hydrogen (secondary N) is 1. The summed E-state index contributed by atoms with van der Waals surface area (Å²) in [7, 11) is 0. The van der Waals surface area contributed by atoms with Crippen LogP contribution < -0.4 is 5.32 Å². The Balaban J connectivity index is 1.98. The zero-order chi connectivity index (χ0) is 13.0. The van der Waals surface area contributed by atoms with Crippen molar-refractivity contribution in [2.24, 2.45) is 0 Å². The quantitative estimate of drug-likeness (QED) is 0.816. The highest BCUT2D eigenvalue weighted by atomic mass is 32.1. The summed E-state index contributed by atoms with van der Waals surface area (Å²) in [5.41, 5.74) is 1.35. The summed E-state index contributed by atoms with van der Waals surface area (Å²) in [4.78, 5) is 12.6. The molecule has 0 atom stereocenters. The molecular weight excluding hydrogens is 249 g/mol. The second-order valence-corrected chi connectivity index (χ2v) is 4.42. The molecule has 4 heteroatoms. The molecule has 2 aromatic rings. The highest BCUT2D eigenvalue weighted by Crippen LogP contribution is 2.11. The van der Waals surface area contributed by atoms with Crippen LogP contribution in [0, 0.1) is 5.82 Å². The van der Waals surface area contributed by atoms with E-state index in [0.29, 0.717) is 5.69 Å². The fourth-order valence-corrected chi connectivity index (χ4v) is 1.72. The number of rotatable bonds is 3. The number of thiol groups is 1. The van der Waals surface area contributed by atoms with Gasteiger partial charge in [0.25, 0.3) is 0 Å². The molecule has 0 saturated carbocycles. The third kappa shape index (κ3) is 3.60. The molecule has 0 bridgehead atoms. The molecule has 2 nitrogen and oxygen atoms in total. The van der Waals surface area contributed by atoms with Crippen molar-refractivity contribution in [3.05, 3.63) is 59.9 Å². The lowest BCUT2D eigenvalue weighted by atomic mass is 10.1. The first-order valence-corrected chi connectivity index (χ1v) is 5.91. The average molecular weight is 261 g/mol. The fourth-order valence-electron chi connectivity index (χ4n) is 1.57. The van der Waals surface area contributed by atoms with E-state index in [4.69, 9.17) is 0 Å². The minimum Gasteiger partial charge on any atom is -0.326 e. The van der Waals surface area contributed by atoms with E-state index in [-0.39, 0.29) is 18.1 Å². The van der Waals surface area contributed by atoms with Crippen LogP contribution >= 0.6 is 12.6 Å². The van der Waals surface area contributed by atoms with Crippen molar-refractivity contribution in [3.8, 4) is 0 Å². The Labute approximate surface area is 110 Å². The minimum absolute atomic E-state index is 0.174. The molecule has 0 aromatic heterocycles. The van der Waals surface area contributed by atoms with Gasteiger partial charge in [-0.25, -0.2) is 4.39 Å². The van der Waals surface area contributed by atoms with Crippen molar-refractivity contribution >= 4 is 24.2 Å². The topological polar surface area (TPSA) is 29.1 Å². The summed E-state index contributed by atoms with van der Waals surface area (Å²) in [5.74, 6) is -0.542. The van der Waals surface area contributed by atoms with Crippen molar-refractivity contribution in [2.75, 3.05) is 5.32 Å². The molecule has 18 heavy (non-hydrogen) atoms. The monoisotopic (exact) mass is 261 g/mol. The Hall–Kier alpha value is -1.81. The van der Waals surface area contributed by atoms with Crippen LogP contribution in [-0.4, -0.2) is 5.91 Å². The molecule has 0 unspecified atom stereocenters. The average Bonchev–Trinajstić information content (AvgIpc) is 2.32. The molecule has 2 aromatic carbocycles. The van der Waals surface area contributed by atoms with Crippen LogP contribution in [0.15, 0.2) is 53.4 Å². The molecule has 2 rings (SSSR count). The highest BCUT2D eigenvalue weighted by molar-refractivity contribution is 7.80. The number of amides is 1. The molecule has 0 fully saturated rings. The van der Waals surface area contributed by atoms with Gasteiger partial charge in [-0.2, -0.15) is 0 Å². The smallest absolute Gasteiger partial charge is 0.228 e. The fraction of sp³-hybridized carbons (Fsp3) is 0.0714. The Bertz CT molecular complexity index is 554. The summed E-state index contributed by atoms with van der Waals surface area (Å²) in [6, 6.07) is 13.2. The van der Waals surface area contributed by atoms with Crippen molar-refractivity contribution in [1.82, 2.24) is 0 Å². The normalized spacial score (nSPS) is 10.1. The second-order valence-electron chi connectivity index (χ2n) is 3.90. The highest BCUT2D eigenvalue weighted by Gasteiger charge is 2.04. The Morgan fingerprint density at radius 1 is 1.17 bits per heavy atom. The molecule has 0 aliphatic heterocycles. The summed E-state index contributed by atoms with van der Waals surface area (Å²) < 4.78 is 12.9. The van der Waals surface area contributed by atoms with Gasteiger partial charge in [-0.15, -0.1) is 12.6 Å². The van der Waals surface area contributed by atoms with Crippen LogP contribution in [-0.2, 0) is 11.2 Å². The number of halogens is 1. The molecule has 0 radical (unpaired) electrons. The lowest BCUT2D eigenvalue weighted by Gasteiger charge is -2.05. The summed E-state index contributed by atoms with van der Waals surface area (Å²) in [6.07, 6.45) is 0.255. The van der Waals surface area contributed by atoms with E-state index in [1.165, 1.54) is 12.1 Å². The molecule has 0 aliphatic carbocycles. The lowest BCUT2D eigenvalue weighted by molar-refractivity contribution is -0.115. The summed E-state index contributed by atoms with van der Waals surface area (Å²) in [6.45, 7) is 0. The second kappa shape index (κ2) is 5.69. The third-order valence-corrected chi connectivity index (χ3v) is 2.71. The van der Waals surface area contributed by atoms with Crippen LogP contribution in [0.5, 0.6) is 0 Å². The van der Waals surface area contributed by atoms with Crippen molar-refractivity contribution in [1.29, 1.82) is 0 Å². The SMILES string of the molecule is O=C(Cc1ccc(S)cc1)Nc1cccc(F)c1. The zero-order valence-corrected chi connectivity index (χ0v) is 10.5. The molecule has 1 N–H and O–H groups in total. The number of benzene rings is 2. The first kappa shape index (κ1) is 12.6. The maximum Gasteiger partial charge on any atom is 0.228 e. The van der Waals surface area contributed by atoms with Crippen LogP contribution in [0.4, 0.5) is 10.1 Å². The molecule has 92 valence electrons. The van der Waals surface area contributed by atoms with Crippen LogP contribution in [0.25, 0.3) is 0 Å². The van der Waals surface area contributed by atoms with E-state index in [1.54, 1.807) is 12.1 Å². The van der Waals surface area contributed by atoms with Gasteiger partial charge >= 0.3 is 0 Å². The van der Waals surface area contributed by atoms with E-state index in [0.717, 1.165) is 10.5 Å². The van der Waals surface area contributed by atoms with Gasteiger partial charge in [0.05, 0.1) is 6.42 Å². The van der Waals surface area contributed by atoms with E-state index in [2.05, 4.69) is 17.9 Å². The van der Waals surface area contributed by atoms with Gasteiger partial charge in [0.15, 0.2) is 0 Å². The number of anilines is 1. The first-order chi connectivity index (χ1) is 8.63. The first-order valence-electron chi connectivity index (χ1n) is 5.47. The van der Waals surface area contributed by atoms with Gasteiger partial charge < -0.3 is 5.32 Å². The Morgan fingerprint density at radius 3 is 2.56 bits per heavy atom. The van der Waals surface area contributed by atoms with Crippen LogP contribution in [0.1, 0.15) is 5.56 Å². The number of hydrogen-bond acceptors (Lipinski definition) is 2. The van der Waals surface area contributed by atoms with Gasteiger partial charge in [0, 0.05) is 10.6 Å². The van der Waals surface area contributed by atoms with Crippen molar-refractivity contribution in [3.63, 3.8) is 0 Å². The minimum atomic E-state index is -0.368. The van der Waals surface area contributed by atoms with Gasteiger partial charge in [0.2, 0.25) is 5.91 Å². The largest absolute Gasteiger partial charge is 0.326 e. The van der Waals surface area contributed by atoms with E-state index < -0.39 is 0 Å². The molecule has 0 heterocycles. The van der Waals surface area contributed by atoms with E-state index in [1.807, 2.05) is 24.3 Å². The van der Waals surface area contributed by atoms with E-state index in [9.17, 15) is 9.18 Å². The summed E-state index contributed by atoms with van der Waals surface area (Å²) in [5, 5.41) is 2.65. The summed E-state index contributed by atoms with van der Waals surface area (Å²) >= 11 is 4.17. The lowest BCUT2D eigenvalue weighted by Crippen LogP contribution is -2.14. The number of carbonyl (C=O) groups is 1. The molecule has 0 saturated heterocycles. The maximum atomic E-state index is 12.9. The molecule has 0 aliphatic rings.